The molecule has 0 spiro atoms. The zero-order chi connectivity index (χ0) is 13.5. The largest absolute Gasteiger partial charge is 0.316 e. The molecule has 19 heavy (non-hydrogen) atoms. The van der Waals surface area contributed by atoms with E-state index in [1.54, 1.807) is 0 Å². The molecular formula is C17H23NO. The molecule has 1 heterocycles. The lowest BCUT2D eigenvalue weighted by Gasteiger charge is -2.31. The van der Waals surface area contributed by atoms with Gasteiger partial charge in [0.25, 0.3) is 0 Å². The highest BCUT2D eigenvalue weighted by atomic mass is 16.1. The minimum absolute atomic E-state index is 0.103. The van der Waals surface area contributed by atoms with Crippen molar-refractivity contribution in [2.75, 3.05) is 13.1 Å². The molecule has 0 aromatic heterocycles. The molecule has 1 aromatic rings. The van der Waals surface area contributed by atoms with Gasteiger partial charge in [0, 0.05) is 17.9 Å². The summed E-state index contributed by atoms with van der Waals surface area (Å²) in [6.45, 7) is 6.27. The molecule has 3 atom stereocenters. The Bertz CT molecular complexity index is 459. The van der Waals surface area contributed by atoms with Crippen LogP contribution in [0.25, 0.3) is 0 Å². The number of carbonyl (C=O) groups is 1. The van der Waals surface area contributed by atoms with E-state index in [2.05, 4.69) is 43.4 Å². The van der Waals surface area contributed by atoms with Crippen molar-refractivity contribution in [2.45, 2.75) is 32.6 Å². The van der Waals surface area contributed by atoms with Crippen LogP contribution in [0, 0.1) is 17.3 Å². The lowest BCUT2D eigenvalue weighted by Crippen LogP contribution is -2.39. The van der Waals surface area contributed by atoms with E-state index in [9.17, 15) is 4.79 Å². The summed E-state index contributed by atoms with van der Waals surface area (Å²) in [5.41, 5.74) is 1.24. The molecule has 1 aromatic carbocycles. The van der Waals surface area contributed by atoms with Gasteiger partial charge in [-0.15, -0.1) is 0 Å². The molecule has 1 N–H and O–H groups in total. The van der Waals surface area contributed by atoms with Gasteiger partial charge in [0.15, 0.2) is 0 Å². The number of rotatable bonds is 4. The first-order chi connectivity index (χ1) is 9.15. The molecule has 2 nitrogen and oxygen atoms in total. The summed E-state index contributed by atoms with van der Waals surface area (Å²) in [6.07, 6.45) is 2.07. The molecule has 1 aliphatic heterocycles. The average Bonchev–Trinajstić information content (AvgIpc) is 3.06. The molecule has 0 bridgehead atoms. The smallest absolute Gasteiger partial charge is 0.144 e. The minimum atomic E-state index is -0.103. The second-order valence-electron chi connectivity index (χ2n) is 6.46. The van der Waals surface area contributed by atoms with E-state index in [0.29, 0.717) is 17.6 Å². The van der Waals surface area contributed by atoms with E-state index in [-0.39, 0.29) is 11.3 Å². The van der Waals surface area contributed by atoms with E-state index in [1.807, 2.05) is 6.07 Å². The van der Waals surface area contributed by atoms with E-state index in [1.165, 1.54) is 5.56 Å². The monoisotopic (exact) mass is 257 g/mol. The fourth-order valence-corrected chi connectivity index (χ4v) is 3.62. The van der Waals surface area contributed by atoms with E-state index >= 15 is 0 Å². The first kappa shape index (κ1) is 12.9. The van der Waals surface area contributed by atoms with Crippen molar-refractivity contribution in [1.82, 2.24) is 5.32 Å². The van der Waals surface area contributed by atoms with Crippen molar-refractivity contribution in [2.24, 2.45) is 17.3 Å². The Hall–Kier alpha value is -1.15. The van der Waals surface area contributed by atoms with Crippen LogP contribution >= 0.6 is 0 Å². The summed E-state index contributed by atoms with van der Waals surface area (Å²) >= 11 is 0. The number of carbonyl (C=O) groups excluding carboxylic acids is 1. The summed E-state index contributed by atoms with van der Waals surface area (Å²) in [5.74, 6) is 1.70. The molecule has 3 rings (SSSR count). The van der Waals surface area contributed by atoms with Gasteiger partial charge in [0.1, 0.15) is 5.78 Å². The Morgan fingerprint density at radius 1 is 1.32 bits per heavy atom. The maximum atomic E-state index is 12.9. The number of hydrogen-bond donors (Lipinski definition) is 1. The van der Waals surface area contributed by atoms with Gasteiger partial charge in [-0.05, 0) is 36.8 Å². The van der Waals surface area contributed by atoms with Crippen molar-refractivity contribution in [3.05, 3.63) is 35.9 Å². The quantitative estimate of drug-likeness (QED) is 0.898. The highest BCUT2D eigenvalue weighted by molar-refractivity contribution is 5.91. The number of nitrogens with one attached hydrogen (secondary N) is 1. The number of benzene rings is 1. The summed E-state index contributed by atoms with van der Waals surface area (Å²) < 4.78 is 0. The third-order valence-electron chi connectivity index (χ3n) is 5.14. The zero-order valence-corrected chi connectivity index (χ0v) is 11.9. The van der Waals surface area contributed by atoms with Crippen LogP contribution in [0.15, 0.2) is 30.3 Å². The Morgan fingerprint density at radius 2 is 2.05 bits per heavy atom. The summed E-state index contributed by atoms with van der Waals surface area (Å²) in [4.78, 5) is 12.9. The van der Waals surface area contributed by atoms with E-state index < -0.39 is 0 Å². The van der Waals surface area contributed by atoms with Crippen LogP contribution in [0.4, 0.5) is 0 Å². The lowest BCUT2D eigenvalue weighted by atomic mass is 9.71. The van der Waals surface area contributed by atoms with Gasteiger partial charge >= 0.3 is 0 Å². The maximum Gasteiger partial charge on any atom is 0.144 e. The molecule has 2 fully saturated rings. The van der Waals surface area contributed by atoms with E-state index in [4.69, 9.17) is 0 Å². The van der Waals surface area contributed by atoms with Gasteiger partial charge in [-0.1, -0.05) is 44.2 Å². The Labute approximate surface area is 115 Å². The molecular weight excluding hydrogens is 234 g/mol. The fourth-order valence-electron chi connectivity index (χ4n) is 3.62. The van der Waals surface area contributed by atoms with Gasteiger partial charge in [0.05, 0.1) is 0 Å². The fraction of sp³-hybridized carbons (Fsp3) is 0.588. The summed E-state index contributed by atoms with van der Waals surface area (Å²) in [7, 11) is 0. The Kier molecular flexibility index (Phi) is 3.22. The number of hydrogen-bond acceptors (Lipinski definition) is 2. The van der Waals surface area contributed by atoms with Crippen molar-refractivity contribution in [3.8, 4) is 0 Å². The third kappa shape index (κ3) is 2.12. The first-order valence-corrected chi connectivity index (χ1v) is 7.45. The Balaban J connectivity index is 1.76. The molecule has 1 aliphatic carbocycles. The second-order valence-corrected chi connectivity index (χ2v) is 6.46. The topological polar surface area (TPSA) is 29.1 Å². The predicted molar refractivity (Wildman–Crippen MR) is 77.1 cm³/mol. The molecule has 0 radical (unpaired) electrons. The van der Waals surface area contributed by atoms with Gasteiger partial charge in [-0.25, -0.2) is 0 Å². The molecule has 1 saturated carbocycles. The summed E-state index contributed by atoms with van der Waals surface area (Å²) in [6, 6.07) is 10.5. The van der Waals surface area contributed by atoms with Crippen LogP contribution in [-0.4, -0.2) is 18.9 Å². The minimum Gasteiger partial charge on any atom is -0.316 e. The molecule has 3 unspecified atom stereocenters. The van der Waals surface area contributed by atoms with Gasteiger partial charge in [-0.3, -0.25) is 4.79 Å². The maximum absolute atomic E-state index is 12.9. The molecule has 102 valence electrons. The molecule has 2 aliphatic rings. The number of ketones is 1. The Morgan fingerprint density at radius 3 is 2.63 bits per heavy atom. The number of Topliss-reactive ketones (excluding diaryl/α,β-unsaturated/α-hetero) is 1. The van der Waals surface area contributed by atoms with Crippen molar-refractivity contribution in [3.63, 3.8) is 0 Å². The standard InChI is InChI=1S/C17H23NO/c1-12(2)17(8-9-18-11-17)16(19)15-10-14(15)13-6-4-3-5-7-13/h3-7,12,14-15,18H,8-11H2,1-2H3. The van der Waals surface area contributed by atoms with Gasteiger partial charge in [-0.2, -0.15) is 0 Å². The van der Waals surface area contributed by atoms with Crippen molar-refractivity contribution >= 4 is 5.78 Å². The average molecular weight is 257 g/mol. The highest BCUT2D eigenvalue weighted by Crippen LogP contribution is 2.53. The lowest BCUT2D eigenvalue weighted by molar-refractivity contribution is -0.131. The summed E-state index contributed by atoms with van der Waals surface area (Å²) in [5, 5.41) is 3.39. The second kappa shape index (κ2) is 4.75. The first-order valence-electron chi connectivity index (χ1n) is 7.45. The third-order valence-corrected chi connectivity index (χ3v) is 5.14. The zero-order valence-electron chi connectivity index (χ0n) is 11.9. The van der Waals surface area contributed by atoms with Crippen LogP contribution < -0.4 is 5.32 Å². The van der Waals surface area contributed by atoms with Crippen LogP contribution in [0.2, 0.25) is 0 Å². The highest BCUT2D eigenvalue weighted by Gasteiger charge is 2.53. The van der Waals surface area contributed by atoms with Crippen molar-refractivity contribution in [1.29, 1.82) is 0 Å². The SMILES string of the molecule is CC(C)C1(C(=O)C2CC2c2ccccc2)CCNC1. The van der Waals surface area contributed by atoms with E-state index in [0.717, 1.165) is 25.9 Å². The van der Waals surface area contributed by atoms with Crippen molar-refractivity contribution < 1.29 is 4.79 Å². The molecule has 1 saturated heterocycles. The predicted octanol–water partition coefficient (Wildman–Crippen LogP) is 2.99. The van der Waals surface area contributed by atoms with Gasteiger partial charge in [0.2, 0.25) is 0 Å². The van der Waals surface area contributed by atoms with Crippen LogP contribution in [-0.2, 0) is 4.79 Å². The molecule has 0 amide bonds. The molecule has 2 heteroatoms. The normalized spacial score (nSPS) is 33.6. The van der Waals surface area contributed by atoms with Crippen LogP contribution in [0.5, 0.6) is 0 Å². The van der Waals surface area contributed by atoms with Crippen LogP contribution in [0.3, 0.4) is 0 Å². The van der Waals surface area contributed by atoms with Gasteiger partial charge < -0.3 is 5.32 Å². The van der Waals surface area contributed by atoms with Crippen LogP contribution in [0.1, 0.15) is 38.2 Å².